The molecule has 4 nitrogen and oxygen atoms in total. The average molecular weight is 342 g/mol. The van der Waals surface area contributed by atoms with E-state index in [-0.39, 0.29) is 12.2 Å². The normalized spacial score (nSPS) is 15.9. The summed E-state index contributed by atoms with van der Waals surface area (Å²) in [5.74, 6) is -0.916. The summed E-state index contributed by atoms with van der Waals surface area (Å²) in [5.41, 5.74) is 1.35. The minimum Gasteiger partial charge on any atom is -0.478 e. The van der Waals surface area contributed by atoms with Gasteiger partial charge in [-0.05, 0) is 30.5 Å². The van der Waals surface area contributed by atoms with Crippen molar-refractivity contribution in [3.05, 3.63) is 33.8 Å². The van der Waals surface area contributed by atoms with Gasteiger partial charge < -0.3 is 10.2 Å². The summed E-state index contributed by atoms with van der Waals surface area (Å²) in [5, 5.41) is 18.2. The lowest BCUT2D eigenvalue weighted by Crippen LogP contribution is -2.35. The SMILES string of the molecule is O=C(O)c1ccc(CN(CCO)C2CCCC2)c(Br)c1. The number of nitrogens with zero attached hydrogens (tertiary/aromatic N) is 1. The first-order valence-electron chi connectivity index (χ1n) is 6.98. The van der Waals surface area contributed by atoms with Crippen molar-refractivity contribution in [3.63, 3.8) is 0 Å². The number of carbonyl (C=O) groups is 1. The third-order valence-electron chi connectivity index (χ3n) is 3.90. The van der Waals surface area contributed by atoms with Crippen LogP contribution in [-0.2, 0) is 6.54 Å². The molecule has 0 radical (unpaired) electrons. The van der Waals surface area contributed by atoms with E-state index in [0.717, 1.165) is 16.6 Å². The van der Waals surface area contributed by atoms with Gasteiger partial charge in [0.1, 0.15) is 0 Å². The molecule has 1 aliphatic rings. The zero-order valence-electron chi connectivity index (χ0n) is 11.4. The van der Waals surface area contributed by atoms with Crippen LogP contribution in [-0.4, -0.2) is 40.3 Å². The molecule has 2 N–H and O–H groups in total. The highest BCUT2D eigenvalue weighted by Gasteiger charge is 2.22. The molecule has 0 aromatic heterocycles. The van der Waals surface area contributed by atoms with E-state index >= 15 is 0 Å². The van der Waals surface area contributed by atoms with Crippen LogP contribution in [0, 0.1) is 0 Å². The molecule has 0 atom stereocenters. The summed E-state index contributed by atoms with van der Waals surface area (Å²) in [6, 6.07) is 5.66. The van der Waals surface area contributed by atoms with Crippen LogP contribution in [0.15, 0.2) is 22.7 Å². The molecule has 1 aromatic rings. The number of aliphatic hydroxyl groups excluding tert-OH is 1. The zero-order chi connectivity index (χ0) is 14.5. The van der Waals surface area contributed by atoms with Crippen molar-refractivity contribution < 1.29 is 15.0 Å². The fourth-order valence-corrected chi connectivity index (χ4v) is 3.32. The average Bonchev–Trinajstić information content (AvgIpc) is 2.94. The highest BCUT2D eigenvalue weighted by molar-refractivity contribution is 9.10. The Bertz CT molecular complexity index is 472. The maximum absolute atomic E-state index is 10.9. The molecule has 0 unspecified atom stereocenters. The summed E-state index contributed by atoms with van der Waals surface area (Å²) in [4.78, 5) is 13.2. The Hall–Kier alpha value is -0.910. The lowest BCUT2D eigenvalue weighted by atomic mass is 10.1. The molecule has 0 saturated heterocycles. The molecule has 5 heteroatoms. The minimum absolute atomic E-state index is 0.154. The van der Waals surface area contributed by atoms with Crippen LogP contribution in [0.25, 0.3) is 0 Å². The van der Waals surface area contributed by atoms with Gasteiger partial charge in [-0.25, -0.2) is 4.79 Å². The van der Waals surface area contributed by atoms with Gasteiger partial charge >= 0.3 is 5.97 Å². The van der Waals surface area contributed by atoms with E-state index in [9.17, 15) is 9.90 Å². The second-order valence-electron chi connectivity index (χ2n) is 5.24. The van der Waals surface area contributed by atoms with Gasteiger partial charge in [0.2, 0.25) is 0 Å². The van der Waals surface area contributed by atoms with Crippen LogP contribution in [0.5, 0.6) is 0 Å². The number of benzene rings is 1. The van der Waals surface area contributed by atoms with Gasteiger partial charge in [-0.2, -0.15) is 0 Å². The summed E-state index contributed by atoms with van der Waals surface area (Å²) in [6.45, 7) is 1.56. The highest BCUT2D eigenvalue weighted by atomic mass is 79.9. The van der Waals surface area contributed by atoms with Crippen LogP contribution < -0.4 is 0 Å². The smallest absolute Gasteiger partial charge is 0.335 e. The number of halogens is 1. The first-order valence-corrected chi connectivity index (χ1v) is 7.77. The fraction of sp³-hybridized carbons (Fsp3) is 0.533. The number of aliphatic hydroxyl groups is 1. The Labute approximate surface area is 127 Å². The summed E-state index contributed by atoms with van der Waals surface area (Å²) >= 11 is 3.45. The quantitative estimate of drug-likeness (QED) is 0.835. The van der Waals surface area contributed by atoms with Crippen LogP contribution in [0.3, 0.4) is 0 Å². The largest absolute Gasteiger partial charge is 0.478 e. The highest BCUT2D eigenvalue weighted by Crippen LogP contribution is 2.27. The molecule has 0 aliphatic heterocycles. The Balaban J connectivity index is 2.11. The van der Waals surface area contributed by atoms with Crippen LogP contribution in [0.4, 0.5) is 0 Å². The summed E-state index contributed by atoms with van der Waals surface area (Å²) in [7, 11) is 0. The van der Waals surface area contributed by atoms with Crippen molar-refractivity contribution in [2.75, 3.05) is 13.2 Å². The lowest BCUT2D eigenvalue weighted by Gasteiger charge is -2.28. The number of hydrogen-bond acceptors (Lipinski definition) is 3. The zero-order valence-corrected chi connectivity index (χ0v) is 13.0. The Morgan fingerprint density at radius 1 is 1.35 bits per heavy atom. The van der Waals surface area contributed by atoms with Gasteiger partial charge in [-0.3, -0.25) is 4.90 Å². The van der Waals surface area contributed by atoms with Gasteiger partial charge in [0, 0.05) is 23.6 Å². The Morgan fingerprint density at radius 2 is 2.05 bits per heavy atom. The van der Waals surface area contributed by atoms with Gasteiger partial charge in [-0.15, -0.1) is 0 Å². The van der Waals surface area contributed by atoms with Gasteiger partial charge in [0.25, 0.3) is 0 Å². The number of rotatable bonds is 6. The van der Waals surface area contributed by atoms with E-state index in [1.807, 2.05) is 6.07 Å². The van der Waals surface area contributed by atoms with E-state index in [1.165, 1.54) is 25.7 Å². The van der Waals surface area contributed by atoms with Crippen molar-refractivity contribution in [2.24, 2.45) is 0 Å². The molecule has 0 heterocycles. The van der Waals surface area contributed by atoms with Crippen LogP contribution in [0.2, 0.25) is 0 Å². The van der Waals surface area contributed by atoms with Crippen LogP contribution >= 0.6 is 15.9 Å². The molecule has 1 fully saturated rings. The molecule has 1 aliphatic carbocycles. The summed E-state index contributed by atoms with van der Waals surface area (Å²) in [6.07, 6.45) is 4.88. The van der Waals surface area contributed by atoms with Crippen molar-refractivity contribution in [1.29, 1.82) is 0 Å². The van der Waals surface area contributed by atoms with Gasteiger partial charge in [-0.1, -0.05) is 34.8 Å². The van der Waals surface area contributed by atoms with Crippen molar-refractivity contribution in [2.45, 2.75) is 38.3 Å². The van der Waals surface area contributed by atoms with E-state index in [0.29, 0.717) is 12.6 Å². The maximum atomic E-state index is 10.9. The molecule has 2 rings (SSSR count). The second-order valence-corrected chi connectivity index (χ2v) is 6.10. The number of aromatic carboxylic acids is 1. The maximum Gasteiger partial charge on any atom is 0.335 e. The Morgan fingerprint density at radius 3 is 2.60 bits per heavy atom. The number of carboxylic acids is 1. The molecular weight excluding hydrogens is 322 g/mol. The van der Waals surface area contributed by atoms with E-state index in [4.69, 9.17) is 5.11 Å². The molecule has 0 amide bonds. The first-order chi connectivity index (χ1) is 9.61. The van der Waals surface area contributed by atoms with Crippen molar-refractivity contribution >= 4 is 21.9 Å². The predicted octanol–water partition coefficient (Wildman–Crippen LogP) is 2.88. The van der Waals surface area contributed by atoms with Crippen molar-refractivity contribution in [3.8, 4) is 0 Å². The van der Waals surface area contributed by atoms with Gasteiger partial charge in [0.15, 0.2) is 0 Å². The Kier molecular flexibility index (Phi) is 5.57. The standard InChI is InChI=1S/C15H20BrNO3/c16-14-9-11(15(19)20)5-6-12(14)10-17(7-8-18)13-3-1-2-4-13/h5-6,9,13,18H,1-4,7-8,10H2,(H,19,20). The number of carboxylic acid groups (broad SMARTS) is 1. The topological polar surface area (TPSA) is 60.8 Å². The van der Waals surface area contributed by atoms with Crippen molar-refractivity contribution in [1.82, 2.24) is 4.90 Å². The van der Waals surface area contributed by atoms with E-state index in [1.54, 1.807) is 12.1 Å². The second kappa shape index (κ2) is 7.20. The third-order valence-corrected chi connectivity index (χ3v) is 4.64. The molecular formula is C15H20BrNO3. The molecule has 0 bridgehead atoms. The summed E-state index contributed by atoms with van der Waals surface area (Å²) < 4.78 is 0.818. The third kappa shape index (κ3) is 3.81. The minimum atomic E-state index is -0.916. The number of hydrogen-bond donors (Lipinski definition) is 2. The lowest BCUT2D eigenvalue weighted by molar-refractivity contribution is 0.0696. The molecule has 110 valence electrons. The predicted molar refractivity (Wildman–Crippen MR) is 80.9 cm³/mol. The molecule has 0 spiro atoms. The molecule has 20 heavy (non-hydrogen) atoms. The fourth-order valence-electron chi connectivity index (χ4n) is 2.82. The first kappa shape index (κ1) is 15.5. The van der Waals surface area contributed by atoms with E-state index < -0.39 is 5.97 Å². The van der Waals surface area contributed by atoms with Gasteiger partial charge in [0.05, 0.1) is 12.2 Å². The van der Waals surface area contributed by atoms with E-state index in [2.05, 4.69) is 20.8 Å². The van der Waals surface area contributed by atoms with Crippen LogP contribution in [0.1, 0.15) is 41.6 Å². The monoisotopic (exact) mass is 341 g/mol. The molecule has 1 saturated carbocycles. The molecule has 1 aromatic carbocycles.